The summed E-state index contributed by atoms with van der Waals surface area (Å²) in [4.78, 5) is 0. The number of hydrogen-bond donors (Lipinski definition) is 1. The summed E-state index contributed by atoms with van der Waals surface area (Å²) in [5, 5.41) is 0.629. The highest BCUT2D eigenvalue weighted by molar-refractivity contribution is 6.31. The van der Waals surface area contributed by atoms with Crippen LogP contribution < -0.4 is 5.73 Å². The topological polar surface area (TPSA) is 26.0 Å². The van der Waals surface area contributed by atoms with Crippen LogP contribution in [-0.2, 0) is 6.42 Å². The summed E-state index contributed by atoms with van der Waals surface area (Å²) in [6.07, 6.45) is -0.579. The highest BCUT2D eigenvalue weighted by atomic mass is 35.5. The fourth-order valence-electron chi connectivity index (χ4n) is 1.86. The van der Waals surface area contributed by atoms with Gasteiger partial charge >= 0.3 is 0 Å². The third-order valence-corrected chi connectivity index (χ3v) is 3.33. The van der Waals surface area contributed by atoms with Gasteiger partial charge in [0, 0.05) is 17.4 Å². The summed E-state index contributed by atoms with van der Waals surface area (Å²) in [6.45, 7) is 4.37. The van der Waals surface area contributed by atoms with Crippen molar-refractivity contribution in [2.75, 3.05) is 6.54 Å². The molecule has 3 heteroatoms. The Labute approximate surface area is 102 Å². The lowest BCUT2D eigenvalue weighted by Gasteiger charge is -2.23. The lowest BCUT2D eigenvalue weighted by atomic mass is 9.88. The first-order chi connectivity index (χ1) is 7.56. The lowest BCUT2D eigenvalue weighted by molar-refractivity contribution is 0.185. The van der Waals surface area contributed by atoms with E-state index < -0.39 is 6.17 Å². The molecule has 0 amide bonds. The first kappa shape index (κ1) is 13.5. The third kappa shape index (κ3) is 3.46. The number of alkyl halides is 1. The zero-order valence-corrected chi connectivity index (χ0v) is 10.5. The van der Waals surface area contributed by atoms with E-state index in [1.54, 1.807) is 6.07 Å². The van der Waals surface area contributed by atoms with Gasteiger partial charge in [0.2, 0.25) is 0 Å². The molecule has 0 radical (unpaired) electrons. The molecule has 2 atom stereocenters. The Balaban J connectivity index is 2.70. The maximum absolute atomic E-state index is 14.0. The number of nitrogens with two attached hydrogens (primary N) is 1. The Bertz CT molecular complexity index is 327. The molecule has 1 aromatic carbocycles. The van der Waals surface area contributed by atoms with Crippen LogP contribution in [0.25, 0.3) is 0 Å². The monoisotopic (exact) mass is 243 g/mol. The molecule has 0 spiro atoms. The summed E-state index contributed by atoms with van der Waals surface area (Å²) in [5.41, 5.74) is 6.45. The maximum Gasteiger partial charge on any atom is 0.108 e. The number of rotatable bonds is 5. The van der Waals surface area contributed by atoms with E-state index in [2.05, 4.69) is 0 Å². The van der Waals surface area contributed by atoms with Gasteiger partial charge in [0.05, 0.1) is 0 Å². The molecule has 0 aromatic heterocycles. The molecule has 0 aliphatic rings. The van der Waals surface area contributed by atoms with Crippen molar-refractivity contribution in [3.63, 3.8) is 0 Å². The molecule has 1 aromatic rings. The van der Waals surface area contributed by atoms with Crippen LogP contribution in [0.5, 0.6) is 0 Å². The molecular formula is C13H19ClFN. The first-order valence-corrected chi connectivity index (χ1v) is 6.01. The summed E-state index contributed by atoms with van der Waals surface area (Å²) in [6, 6.07) is 7.38. The average Bonchev–Trinajstić information content (AvgIpc) is 2.22. The Morgan fingerprint density at radius 3 is 2.44 bits per heavy atom. The molecule has 0 aliphatic carbocycles. The highest BCUT2D eigenvalue weighted by Gasteiger charge is 2.23. The second-order valence-electron chi connectivity index (χ2n) is 4.46. The van der Waals surface area contributed by atoms with E-state index in [4.69, 9.17) is 17.3 Å². The van der Waals surface area contributed by atoms with Gasteiger partial charge in [-0.2, -0.15) is 0 Å². The largest absolute Gasteiger partial charge is 0.330 e. The molecule has 0 aliphatic heterocycles. The molecule has 2 N–H and O–H groups in total. The fraction of sp³-hybridized carbons (Fsp3) is 0.538. The highest BCUT2D eigenvalue weighted by Crippen LogP contribution is 2.24. The average molecular weight is 244 g/mol. The van der Waals surface area contributed by atoms with E-state index in [1.165, 1.54) is 0 Å². The number of hydrogen-bond acceptors (Lipinski definition) is 1. The van der Waals surface area contributed by atoms with Crippen LogP contribution in [0.15, 0.2) is 24.3 Å². The molecular weight excluding hydrogens is 225 g/mol. The van der Waals surface area contributed by atoms with Crippen molar-refractivity contribution in [1.29, 1.82) is 0 Å². The zero-order chi connectivity index (χ0) is 12.1. The Morgan fingerprint density at radius 2 is 1.94 bits per heavy atom. The van der Waals surface area contributed by atoms with Crippen LogP contribution in [0.4, 0.5) is 4.39 Å². The molecule has 2 unspecified atom stereocenters. The SMILES string of the molecule is CC(C)C(CN)C(F)Cc1ccccc1Cl. The summed E-state index contributed by atoms with van der Waals surface area (Å²) in [5.74, 6) is 0.152. The van der Waals surface area contributed by atoms with E-state index in [1.807, 2.05) is 32.0 Å². The quantitative estimate of drug-likeness (QED) is 0.842. The maximum atomic E-state index is 14.0. The van der Waals surface area contributed by atoms with Gasteiger partial charge in [-0.05, 0) is 24.1 Å². The normalized spacial score (nSPS) is 15.1. The van der Waals surface area contributed by atoms with E-state index in [0.29, 0.717) is 18.0 Å². The van der Waals surface area contributed by atoms with Crippen molar-refractivity contribution < 1.29 is 4.39 Å². The van der Waals surface area contributed by atoms with Gasteiger partial charge in [0.25, 0.3) is 0 Å². The molecule has 16 heavy (non-hydrogen) atoms. The van der Waals surface area contributed by atoms with Crippen molar-refractivity contribution in [2.24, 2.45) is 17.6 Å². The van der Waals surface area contributed by atoms with Gasteiger partial charge in [-0.15, -0.1) is 0 Å². The van der Waals surface area contributed by atoms with Crippen LogP contribution in [-0.4, -0.2) is 12.7 Å². The van der Waals surface area contributed by atoms with Gasteiger partial charge in [-0.1, -0.05) is 43.6 Å². The summed E-state index contributed by atoms with van der Waals surface area (Å²) >= 11 is 6.00. The van der Waals surface area contributed by atoms with E-state index in [0.717, 1.165) is 5.56 Å². The molecule has 90 valence electrons. The van der Waals surface area contributed by atoms with Crippen LogP contribution >= 0.6 is 11.6 Å². The lowest BCUT2D eigenvalue weighted by Crippen LogP contribution is -2.30. The van der Waals surface area contributed by atoms with E-state index >= 15 is 0 Å². The number of benzene rings is 1. The molecule has 1 nitrogen and oxygen atoms in total. The van der Waals surface area contributed by atoms with E-state index in [9.17, 15) is 4.39 Å². The second-order valence-corrected chi connectivity index (χ2v) is 4.86. The first-order valence-electron chi connectivity index (χ1n) is 5.63. The second kappa shape index (κ2) is 6.21. The minimum atomic E-state index is -0.926. The van der Waals surface area contributed by atoms with Crippen molar-refractivity contribution in [2.45, 2.75) is 26.4 Å². The minimum absolute atomic E-state index is 0.101. The van der Waals surface area contributed by atoms with Crippen LogP contribution in [0, 0.1) is 11.8 Å². The van der Waals surface area contributed by atoms with Gasteiger partial charge in [-0.25, -0.2) is 4.39 Å². The predicted molar refractivity (Wildman–Crippen MR) is 67.4 cm³/mol. The number of halogens is 2. The minimum Gasteiger partial charge on any atom is -0.330 e. The Morgan fingerprint density at radius 1 is 1.31 bits per heavy atom. The van der Waals surface area contributed by atoms with Crippen molar-refractivity contribution >= 4 is 11.6 Å². The Kier molecular flexibility index (Phi) is 5.23. The third-order valence-electron chi connectivity index (χ3n) is 2.97. The molecule has 0 saturated carbocycles. The van der Waals surface area contributed by atoms with Crippen LogP contribution in [0.2, 0.25) is 5.02 Å². The molecule has 0 heterocycles. The summed E-state index contributed by atoms with van der Waals surface area (Å²) in [7, 11) is 0. The van der Waals surface area contributed by atoms with Crippen molar-refractivity contribution in [3.05, 3.63) is 34.9 Å². The van der Waals surface area contributed by atoms with Gasteiger partial charge in [0.1, 0.15) is 6.17 Å². The van der Waals surface area contributed by atoms with Crippen molar-refractivity contribution in [1.82, 2.24) is 0 Å². The standard InChI is InChI=1S/C13H19ClFN/c1-9(2)11(8-16)13(15)7-10-5-3-4-6-12(10)14/h3-6,9,11,13H,7-8,16H2,1-2H3. The molecule has 0 saturated heterocycles. The summed E-state index contributed by atoms with van der Waals surface area (Å²) < 4.78 is 14.0. The van der Waals surface area contributed by atoms with Crippen LogP contribution in [0.3, 0.4) is 0 Å². The predicted octanol–water partition coefficient (Wildman–Crippen LogP) is 3.45. The molecule has 0 bridgehead atoms. The molecule has 1 rings (SSSR count). The van der Waals surface area contributed by atoms with Gasteiger partial charge < -0.3 is 5.73 Å². The van der Waals surface area contributed by atoms with Crippen LogP contribution in [0.1, 0.15) is 19.4 Å². The van der Waals surface area contributed by atoms with E-state index in [-0.39, 0.29) is 11.8 Å². The van der Waals surface area contributed by atoms with Gasteiger partial charge in [0.15, 0.2) is 0 Å². The van der Waals surface area contributed by atoms with Gasteiger partial charge in [-0.3, -0.25) is 0 Å². The van der Waals surface area contributed by atoms with Crippen molar-refractivity contribution in [3.8, 4) is 0 Å². The fourth-order valence-corrected chi connectivity index (χ4v) is 2.08. The molecule has 0 fully saturated rings. The smallest absolute Gasteiger partial charge is 0.108 e. The zero-order valence-electron chi connectivity index (χ0n) is 9.79. The Hall–Kier alpha value is -0.600.